The van der Waals surface area contributed by atoms with Gasteiger partial charge in [0.15, 0.2) is 5.78 Å². The summed E-state index contributed by atoms with van der Waals surface area (Å²) in [6, 6.07) is 18.4. The van der Waals surface area contributed by atoms with Gasteiger partial charge in [-0.1, -0.05) is 30.3 Å². The number of nitrogens with one attached hydrogen (secondary N) is 1. The van der Waals surface area contributed by atoms with Crippen molar-refractivity contribution in [2.24, 2.45) is 5.73 Å². The number of hydrogen-bond acceptors (Lipinski definition) is 5. The molecular formula is C27H29N5O. The minimum Gasteiger partial charge on any atom is -0.341 e. The number of fused-ring (bicyclic) bond motifs is 2. The van der Waals surface area contributed by atoms with Gasteiger partial charge in [0.25, 0.3) is 0 Å². The number of benzene rings is 2. The second-order valence-corrected chi connectivity index (χ2v) is 8.81. The molecule has 33 heavy (non-hydrogen) atoms. The van der Waals surface area contributed by atoms with Gasteiger partial charge in [0, 0.05) is 24.8 Å². The molecule has 0 aliphatic heterocycles. The lowest BCUT2D eigenvalue weighted by Crippen LogP contribution is -2.32. The van der Waals surface area contributed by atoms with Gasteiger partial charge in [-0.2, -0.15) is 0 Å². The van der Waals surface area contributed by atoms with Crippen molar-refractivity contribution in [2.75, 3.05) is 0 Å². The summed E-state index contributed by atoms with van der Waals surface area (Å²) in [4.78, 5) is 27.4. The van der Waals surface area contributed by atoms with Crippen LogP contribution in [0.2, 0.25) is 0 Å². The molecule has 0 saturated carbocycles. The third-order valence-corrected chi connectivity index (χ3v) is 6.60. The summed E-state index contributed by atoms with van der Waals surface area (Å²) in [5.41, 5.74) is 13.5. The highest BCUT2D eigenvalue weighted by Gasteiger charge is 2.28. The Morgan fingerprint density at radius 2 is 2.00 bits per heavy atom. The fraction of sp³-hybridized carbons (Fsp3) is 0.296. The Morgan fingerprint density at radius 1 is 1.12 bits per heavy atom. The molecule has 1 atom stereocenters. The van der Waals surface area contributed by atoms with Gasteiger partial charge >= 0.3 is 0 Å². The van der Waals surface area contributed by atoms with E-state index < -0.39 is 0 Å². The van der Waals surface area contributed by atoms with E-state index in [9.17, 15) is 4.79 Å². The van der Waals surface area contributed by atoms with Crippen LogP contribution in [-0.2, 0) is 26.1 Å². The van der Waals surface area contributed by atoms with Crippen LogP contribution in [0.25, 0.3) is 11.0 Å². The molecule has 0 fully saturated rings. The van der Waals surface area contributed by atoms with E-state index in [4.69, 9.17) is 15.7 Å². The van der Waals surface area contributed by atoms with Gasteiger partial charge in [-0.15, -0.1) is 0 Å². The molecule has 1 unspecified atom stereocenters. The number of hydrogen-bond donors (Lipinski definition) is 2. The zero-order valence-corrected chi connectivity index (χ0v) is 18.9. The van der Waals surface area contributed by atoms with Crippen molar-refractivity contribution >= 4 is 16.8 Å². The van der Waals surface area contributed by atoms with Crippen LogP contribution in [0, 0.1) is 0 Å². The van der Waals surface area contributed by atoms with E-state index in [1.54, 1.807) is 6.92 Å². The molecule has 0 spiro atoms. The smallest absolute Gasteiger partial charge is 0.159 e. The van der Waals surface area contributed by atoms with E-state index in [0.29, 0.717) is 25.2 Å². The Morgan fingerprint density at radius 3 is 2.82 bits per heavy atom. The Labute approximate surface area is 193 Å². The highest BCUT2D eigenvalue weighted by molar-refractivity contribution is 5.94. The number of nitrogens with zero attached hydrogens (tertiary/aromatic N) is 3. The summed E-state index contributed by atoms with van der Waals surface area (Å²) in [6.45, 7) is 3.37. The second kappa shape index (κ2) is 9.25. The first-order chi connectivity index (χ1) is 16.1. The highest BCUT2D eigenvalue weighted by Crippen LogP contribution is 2.35. The minimum atomic E-state index is 0.0563. The lowest BCUT2D eigenvalue weighted by atomic mass is 9.90. The number of aryl methyl sites for hydroxylation is 1. The van der Waals surface area contributed by atoms with Crippen LogP contribution in [0.4, 0.5) is 0 Å². The fourth-order valence-electron chi connectivity index (χ4n) is 4.90. The van der Waals surface area contributed by atoms with E-state index in [-0.39, 0.29) is 11.8 Å². The Bertz CT molecular complexity index is 1260. The third kappa shape index (κ3) is 4.45. The number of H-pyrrole nitrogens is 1. The molecule has 3 N–H and O–H groups in total. The molecule has 2 aromatic heterocycles. The molecule has 5 rings (SSSR count). The quantitative estimate of drug-likeness (QED) is 0.408. The first kappa shape index (κ1) is 21.5. The molecule has 2 aromatic carbocycles. The fourth-order valence-corrected chi connectivity index (χ4v) is 4.90. The largest absolute Gasteiger partial charge is 0.341 e. The topological polar surface area (TPSA) is 87.9 Å². The van der Waals surface area contributed by atoms with Crippen molar-refractivity contribution in [1.82, 2.24) is 19.9 Å². The summed E-state index contributed by atoms with van der Waals surface area (Å²) in [7, 11) is 0. The molecule has 4 aromatic rings. The van der Waals surface area contributed by atoms with Crippen LogP contribution in [0.15, 0.2) is 60.8 Å². The molecule has 6 nitrogen and oxygen atoms in total. The predicted molar refractivity (Wildman–Crippen MR) is 130 cm³/mol. The van der Waals surface area contributed by atoms with Crippen molar-refractivity contribution in [2.45, 2.75) is 51.9 Å². The average Bonchev–Trinajstić information content (AvgIpc) is 3.26. The van der Waals surface area contributed by atoms with Crippen molar-refractivity contribution in [1.29, 1.82) is 0 Å². The first-order valence-electron chi connectivity index (χ1n) is 11.6. The second-order valence-electron chi connectivity index (χ2n) is 8.81. The van der Waals surface area contributed by atoms with Crippen LogP contribution < -0.4 is 5.73 Å². The maximum absolute atomic E-state index is 11.9. The number of aromatic nitrogens is 3. The number of para-hydroxylation sites is 2. The lowest BCUT2D eigenvalue weighted by Gasteiger charge is -2.35. The van der Waals surface area contributed by atoms with Crippen LogP contribution >= 0.6 is 0 Å². The van der Waals surface area contributed by atoms with Crippen molar-refractivity contribution in [3.8, 4) is 0 Å². The number of carbonyl (C=O) groups is 1. The van der Waals surface area contributed by atoms with Crippen molar-refractivity contribution in [3.63, 3.8) is 0 Å². The first-order valence-corrected chi connectivity index (χ1v) is 11.6. The van der Waals surface area contributed by atoms with Gasteiger partial charge in [0.2, 0.25) is 0 Å². The van der Waals surface area contributed by atoms with E-state index in [1.165, 1.54) is 5.56 Å². The Kier molecular flexibility index (Phi) is 6.03. The summed E-state index contributed by atoms with van der Waals surface area (Å²) < 4.78 is 0. The number of Topliss-reactive ketones (excluding diaryl/α,β-unsaturated/α-hetero) is 1. The number of nitrogens with two attached hydrogens (primary N) is 1. The van der Waals surface area contributed by atoms with Gasteiger partial charge < -0.3 is 10.7 Å². The normalized spacial score (nSPS) is 15.7. The number of carbonyl (C=O) groups excluding carboxylic acids is 1. The number of ketones is 1. The number of aromatic amines is 1. The number of imidazole rings is 1. The summed E-state index contributed by atoms with van der Waals surface area (Å²) in [5.74, 6) is 0.995. The number of pyridine rings is 1. The maximum atomic E-state index is 11.9. The Hall–Kier alpha value is -3.35. The molecule has 168 valence electrons. The molecule has 1 aliphatic carbocycles. The Balaban J connectivity index is 1.52. The lowest BCUT2D eigenvalue weighted by molar-refractivity contribution is 0.101. The molecule has 0 radical (unpaired) electrons. The molecule has 0 bridgehead atoms. The monoisotopic (exact) mass is 439 g/mol. The SMILES string of the molecule is CC(=O)c1ccc(CN(Cc2nc3ccccc3[nH]2)C2CCCc3cccnc32)c(CN)c1. The minimum absolute atomic E-state index is 0.0563. The molecular weight excluding hydrogens is 410 g/mol. The van der Waals surface area contributed by atoms with Crippen molar-refractivity contribution < 1.29 is 4.79 Å². The summed E-state index contributed by atoms with van der Waals surface area (Å²) in [5, 5.41) is 0. The molecule has 6 heteroatoms. The van der Waals surface area contributed by atoms with E-state index >= 15 is 0 Å². The van der Waals surface area contributed by atoms with Gasteiger partial charge in [-0.05, 0) is 67.1 Å². The average molecular weight is 440 g/mol. The zero-order valence-electron chi connectivity index (χ0n) is 18.9. The molecule has 0 saturated heterocycles. The van der Waals surface area contributed by atoms with Gasteiger partial charge in [-0.25, -0.2) is 4.98 Å². The van der Waals surface area contributed by atoms with Crippen LogP contribution in [0.3, 0.4) is 0 Å². The van der Waals surface area contributed by atoms with Crippen LogP contribution in [0.1, 0.15) is 64.4 Å². The van der Waals surface area contributed by atoms with E-state index in [0.717, 1.165) is 52.9 Å². The van der Waals surface area contributed by atoms with E-state index in [2.05, 4.69) is 22.0 Å². The van der Waals surface area contributed by atoms with Crippen LogP contribution in [-0.4, -0.2) is 25.6 Å². The van der Waals surface area contributed by atoms with Crippen LogP contribution in [0.5, 0.6) is 0 Å². The predicted octanol–water partition coefficient (Wildman–Crippen LogP) is 4.70. The standard InChI is InChI=1S/C27H29N5O/c1-18(33)20-11-12-21(22(14-20)15-28)16-32(17-26-30-23-8-2-3-9-24(23)31-26)25-10-4-6-19-7-5-13-29-27(19)25/h2-3,5,7-9,11-14,25H,4,6,10,15-17,28H2,1H3,(H,30,31). The third-order valence-electron chi connectivity index (χ3n) is 6.60. The van der Waals surface area contributed by atoms with Gasteiger partial charge in [0.05, 0.1) is 29.3 Å². The summed E-state index contributed by atoms with van der Waals surface area (Å²) in [6.07, 6.45) is 5.14. The van der Waals surface area contributed by atoms with Crippen molar-refractivity contribution in [3.05, 3.63) is 94.6 Å². The summed E-state index contributed by atoms with van der Waals surface area (Å²) >= 11 is 0. The molecule has 1 aliphatic rings. The molecule has 0 amide bonds. The highest BCUT2D eigenvalue weighted by atomic mass is 16.1. The van der Waals surface area contributed by atoms with Gasteiger partial charge in [-0.3, -0.25) is 14.7 Å². The molecule has 2 heterocycles. The van der Waals surface area contributed by atoms with Gasteiger partial charge in [0.1, 0.15) is 5.82 Å². The maximum Gasteiger partial charge on any atom is 0.159 e. The zero-order chi connectivity index (χ0) is 22.8. The van der Waals surface area contributed by atoms with E-state index in [1.807, 2.05) is 48.7 Å². The number of rotatable bonds is 7.